The number of fused-ring (bicyclic) bond motifs is 1. The summed E-state index contributed by atoms with van der Waals surface area (Å²) in [6, 6.07) is 0. The van der Waals surface area contributed by atoms with E-state index in [9.17, 15) is 4.79 Å². The average Bonchev–Trinajstić information content (AvgIpc) is 2.43. The first-order valence-corrected chi connectivity index (χ1v) is 3.59. The van der Waals surface area contributed by atoms with E-state index in [1.54, 1.807) is 0 Å². The Morgan fingerprint density at radius 3 is 3.00 bits per heavy atom. The maximum Gasteiger partial charge on any atom is 0.309 e. The number of ether oxygens (including phenoxy) is 1. The zero-order valence-corrected chi connectivity index (χ0v) is 5.91. The zero-order chi connectivity index (χ0) is 7.14. The Kier molecular flexibility index (Phi) is 1.10. The van der Waals surface area contributed by atoms with Crippen LogP contribution in [0.15, 0.2) is 12.2 Å². The lowest BCUT2D eigenvalue weighted by atomic mass is 10.2. The lowest BCUT2D eigenvalue weighted by Crippen LogP contribution is -2.05. The third-order valence-electron chi connectivity index (χ3n) is 2.47. The van der Waals surface area contributed by atoms with Gasteiger partial charge in [-0.05, 0) is 18.3 Å². The van der Waals surface area contributed by atoms with Gasteiger partial charge in [-0.1, -0.05) is 12.2 Å². The molecule has 2 nitrogen and oxygen atoms in total. The predicted octanol–water partition coefficient (Wildman–Crippen LogP) is 0.981. The summed E-state index contributed by atoms with van der Waals surface area (Å²) in [7, 11) is 1.46. The topological polar surface area (TPSA) is 26.3 Å². The van der Waals surface area contributed by atoms with Crippen molar-refractivity contribution in [1.82, 2.24) is 0 Å². The van der Waals surface area contributed by atoms with Gasteiger partial charge < -0.3 is 4.74 Å². The Morgan fingerprint density at radius 1 is 1.70 bits per heavy atom. The monoisotopic (exact) mass is 138 g/mol. The van der Waals surface area contributed by atoms with E-state index in [2.05, 4.69) is 16.9 Å². The molecule has 0 heterocycles. The van der Waals surface area contributed by atoms with E-state index >= 15 is 0 Å². The van der Waals surface area contributed by atoms with Crippen molar-refractivity contribution in [2.24, 2.45) is 17.8 Å². The van der Waals surface area contributed by atoms with E-state index in [1.807, 2.05) is 0 Å². The van der Waals surface area contributed by atoms with Crippen molar-refractivity contribution in [3.8, 4) is 0 Å². The summed E-state index contributed by atoms with van der Waals surface area (Å²) in [5.74, 6) is 1.29. The molecule has 0 aromatic carbocycles. The van der Waals surface area contributed by atoms with Crippen molar-refractivity contribution in [3.63, 3.8) is 0 Å². The van der Waals surface area contributed by atoms with Crippen LogP contribution in [0.3, 0.4) is 0 Å². The second-order valence-electron chi connectivity index (χ2n) is 2.95. The van der Waals surface area contributed by atoms with Gasteiger partial charge in [0.25, 0.3) is 0 Å². The summed E-state index contributed by atoms with van der Waals surface area (Å²) in [5, 5.41) is 0. The molecule has 0 radical (unpaired) electrons. The first kappa shape index (κ1) is 5.96. The van der Waals surface area contributed by atoms with Crippen molar-refractivity contribution in [1.29, 1.82) is 0 Å². The van der Waals surface area contributed by atoms with Crippen LogP contribution >= 0.6 is 0 Å². The summed E-state index contributed by atoms with van der Waals surface area (Å²) in [4.78, 5) is 10.9. The van der Waals surface area contributed by atoms with Gasteiger partial charge in [-0.15, -0.1) is 0 Å². The van der Waals surface area contributed by atoms with Crippen LogP contribution in [0.2, 0.25) is 0 Å². The number of carbonyl (C=O) groups excluding carboxylic acids is 1. The Hall–Kier alpha value is -0.790. The molecule has 1 saturated carbocycles. The molecule has 0 bridgehead atoms. The van der Waals surface area contributed by atoms with Gasteiger partial charge in [0.1, 0.15) is 0 Å². The second kappa shape index (κ2) is 1.84. The molecule has 0 amide bonds. The minimum absolute atomic E-state index is 0.0284. The molecule has 2 heteroatoms. The molecule has 2 aliphatic rings. The van der Waals surface area contributed by atoms with Crippen molar-refractivity contribution in [2.45, 2.75) is 6.42 Å². The normalized spacial score (nSPS) is 41.1. The van der Waals surface area contributed by atoms with Gasteiger partial charge in [0.15, 0.2) is 0 Å². The molecule has 0 aromatic heterocycles. The largest absolute Gasteiger partial charge is 0.469 e. The fourth-order valence-corrected chi connectivity index (χ4v) is 1.83. The quantitative estimate of drug-likeness (QED) is 0.399. The van der Waals surface area contributed by atoms with Crippen LogP contribution in [0, 0.1) is 17.8 Å². The number of methoxy groups -OCH3 is 1. The molecular weight excluding hydrogens is 128 g/mol. The summed E-state index contributed by atoms with van der Waals surface area (Å²) in [6.45, 7) is 0. The lowest BCUT2D eigenvalue weighted by molar-refractivity contribution is -0.142. The molecule has 10 heavy (non-hydrogen) atoms. The molecule has 2 rings (SSSR count). The standard InChI is InChI=1S/C8H10O2/c1-10-8(9)7-5-3-2-4-6(5)7/h2-3,5-7H,4H2,1H3/t5-,6+,7-/m1/s1. The third-order valence-corrected chi connectivity index (χ3v) is 2.47. The summed E-state index contributed by atoms with van der Waals surface area (Å²) in [5.41, 5.74) is 0. The fraction of sp³-hybridized carbons (Fsp3) is 0.625. The lowest BCUT2D eigenvalue weighted by Gasteiger charge is -1.95. The first-order chi connectivity index (χ1) is 4.84. The maximum atomic E-state index is 10.9. The fourth-order valence-electron chi connectivity index (χ4n) is 1.83. The molecule has 3 atom stereocenters. The molecule has 0 saturated heterocycles. The van der Waals surface area contributed by atoms with Gasteiger partial charge in [-0.2, -0.15) is 0 Å². The van der Waals surface area contributed by atoms with Gasteiger partial charge in [0, 0.05) is 0 Å². The molecule has 1 fully saturated rings. The SMILES string of the molecule is COC(=O)[C@@H]1[C@@H]2C=CC[C@@H]21. The summed E-state index contributed by atoms with van der Waals surface area (Å²) in [6.07, 6.45) is 5.35. The minimum atomic E-state index is -0.0284. The number of carbonyl (C=O) groups is 1. The van der Waals surface area contributed by atoms with Gasteiger partial charge in [-0.25, -0.2) is 0 Å². The van der Waals surface area contributed by atoms with Crippen LogP contribution in [0.1, 0.15) is 6.42 Å². The van der Waals surface area contributed by atoms with Crippen LogP contribution in [0.4, 0.5) is 0 Å². The predicted molar refractivity (Wildman–Crippen MR) is 36.2 cm³/mol. The molecule has 0 N–H and O–H groups in total. The van der Waals surface area contributed by atoms with E-state index < -0.39 is 0 Å². The number of hydrogen-bond acceptors (Lipinski definition) is 2. The van der Waals surface area contributed by atoms with E-state index in [1.165, 1.54) is 7.11 Å². The summed E-state index contributed by atoms with van der Waals surface area (Å²) < 4.78 is 4.64. The molecular formula is C8H10O2. The Morgan fingerprint density at radius 2 is 2.50 bits per heavy atom. The minimum Gasteiger partial charge on any atom is -0.469 e. The zero-order valence-electron chi connectivity index (χ0n) is 5.91. The van der Waals surface area contributed by atoms with Crippen molar-refractivity contribution < 1.29 is 9.53 Å². The molecule has 0 aromatic rings. The van der Waals surface area contributed by atoms with E-state index in [4.69, 9.17) is 0 Å². The number of esters is 1. The number of allylic oxidation sites excluding steroid dienone is 2. The molecule has 54 valence electrons. The van der Waals surface area contributed by atoms with E-state index in [-0.39, 0.29) is 11.9 Å². The van der Waals surface area contributed by atoms with Crippen molar-refractivity contribution in [3.05, 3.63) is 12.2 Å². The highest BCUT2D eigenvalue weighted by Crippen LogP contribution is 2.54. The highest BCUT2D eigenvalue weighted by atomic mass is 16.5. The van der Waals surface area contributed by atoms with E-state index in [0.717, 1.165) is 6.42 Å². The van der Waals surface area contributed by atoms with Crippen LogP contribution in [0.25, 0.3) is 0 Å². The molecule has 0 aliphatic heterocycles. The Balaban J connectivity index is 2.01. The Bertz CT molecular complexity index is 195. The molecule has 0 unspecified atom stereocenters. The van der Waals surface area contributed by atoms with Crippen LogP contribution < -0.4 is 0 Å². The van der Waals surface area contributed by atoms with Gasteiger partial charge >= 0.3 is 5.97 Å². The van der Waals surface area contributed by atoms with E-state index in [0.29, 0.717) is 11.8 Å². The number of hydrogen-bond donors (Lipinski definition) is 0. The van der Waals surface area contributed by atoms with Gasteiger partial charge in [-0.3, -0.25) is 4.79 Å². The molecule has 2 aliphatic carbocycles. The van der Waals surface area contributed by atoms with Crippen LogP contribution in [-0.4, -0.2) is 13.1 Å². The van der Waals surface area contributed by atoms with Gasteiger partial charge in [0.05, 0.1) is 13.0 Å². The van der Waals surface area contributed by atoms with Crippen LogP contribution in [0.5, 0.6) is 0 Å². The third kappa shape index (κ3) is 0.618. The van der Waals surface area contributed by atoms with Crippen molar-refractivity contribution in [2.75, 3.05) is 7.11 Å². The highest BCUT2D eigenvalue weighted by Gasteiger charge is 2.55. The smallest absolute Gasteiger partial charge is 0.309 e. The average molecular weight is 138 g/mol. The number of rotatable bonds is 1. The van der Waals surface area contributed by atoms with Crippen molar-refractivity contribution >= 4 is 5.97 Å². The summed E-state index contributed by atoms with van der Waals surface area (Å²) >= 11 is 0. The van der Waals surface area contributed by atoms with Gasteiger partial charge in [0.2, 0.25) is 0 Å². The first-order valence-electron chi connectivity index (χ1n) is 3.59. The Labute approximate surface area is 59.9 Å². The maximum absolute atomic E-state index is 10.9. The molecule has 0 spiro atoms. The second-order valence-corrected chi connectivity index (χ2v) is 2.95. The van der Waals surface area contributed by atoms with Crippen LogP contribution in [-0.2, 0) is 9.53 Å². The highest BCUT2D eigenvalue weighted by molar-refractivity contribution is 5.77.